The van der Waals surface area contributed by atoms with E-state index < -0.39 is 5.60 Å². The molecule has 0 unspecified atom stereocenters. The van der Waals surface area contributed by atoms with Gasteiger partial charge in [0.2, 0.25) is 0 Å². The molecule has 0 aromatic carbocycles. The van der Waals surface area contributed by atoms with Crippen LogP contribution in [0.5, 0.6) is 0 Å². The fourth-order valence-corrected chi connectivity index (χ4v) is 2.33. The summed E-state index contributed by atoms with van der Waals surface area (Å²) in [5.41, 5.74) is -0.564. The van der Waals surface area contributed by atoms with Crippen LogP contribution in [-0.4, -0.2) is 33.3 Å². The Hall–Kier alpha value is -1.23. The van der Waals surface area contributed by atoms with Gasteiger partial charge in [-0.15, -0.1) is 0 Å². The molecule has 0 bridgehead atoms. The number of nitrogens with zero attached hydrogens (tertiary/aromatic N) is 3. The average Bonchev–Trinajstić information content (AvgIpc) is 2.89. The van der Waals surface area contributed by atoms with E-state index in [9.17, 15) is 4.79 Å². The summed E-state index contributed by atoms with van der Waals surface area (Å²) in [6.45, 7) is 0. The van der Waals surface area contributed by atoms with E-state index in [0.717, 1.165) is 25.7 Å². The zero-order chi connectivity index (χ0) is 11.6. The lowest BCUT2D eigenvalue weighted by atomic mass is 9.94. The zero-order valence-corrected chi connectivity index (χ0v) is 9.77. The molecule has 5 nitrogen and oxygen atoms in total. The monoisotopic (exact) mass is 223 g/mol. The van der Waals surface area contributed by atoms with E-state index in [1.165, 1.54) is 6.33 Å². The van der Waals surface area contributed by atoms with Crippen molar-refractivity contribution >= 4 is 5.78 Å². The van der Waals surface area contributed by atoms with Crippen molar-refractivity contribution in [2.75, 3.05) is 7.11 Å². The maximum absolute atomic E-state index is 12.2. The van der Waals surface area contributed by atoms with Crippen molar-refractivity contribution in [3.63, 3.8) is 0 Å². The number of hydrogen-bond acceptors (Lipinski definition) is 4. The van der Waals surface area contributed by atoms with Crippen LogP contribution < -0.4 is 0 Å². The minimum absolute atomic E-state index is 0.128. The van der Waals surface area contributed by atoms with Crippen molar-refractivity contribution in [3.05, 3.63) is 12.2 Å². The first-order valence-electron chi connectivity index (χ1n) is 5.59. The molecule has 88 valence electrons. The number of Topliss-reactive ketones (excluding diaryl/α,β-unsaturated/α-hetero) is 1. The highest BCUT2D eigenvalue weighted by atomic mass is 16.5. The summed E-state index contributed by atoms with van der Waals surface area (Å²) in [6.07, 6.45) is 5.58. The maximum atomic E-state index is 12.2. The van der Waals surface area contributed by atoms with Crippen molar-refractivity contribution in [3.8, 4) is 0 Å². The lowest BCUT2D eigenvalue weighted by Crippen LogP contribution is -2.39. The first-order chi connectivity index (χ1) is 7.68. The fraction of sp³-hybridized carbons (Fsp3) is 0.727. The molecular weight excluding hydrogens is 206 g/mol. The number of methoxy groups -OCH3 is 1. The Morgan fingerprint density at radius 2 is 2.25 bits per heavy atom. The summed E-state index contributed by atoms with van der Waals surface area (Å²) in [5, 5.41) is 3.96. The third-order valence-electron chi connectivity index (χ3n) is 3.43. The minimum Gasteiger partial charge on any atom is -0.370 e. The SMILES string of the molecule is COC1(C(=O)Cc2ncnn2C)CCCC1. The Bertz CT molecular complexity index is 380. The molecule has 1 aliphatic rings. The van der Waals surface area contributed by atoms with Crippen molar-refractivity contribution < 1.29 is 9.53 Å². The normalized spacial score (nSPS) is 18.9. The molecule has 0 aliphatic heterocycles. The van der Waals surface area contributed by atoms with Crippen molar-refractivity contribution in [1.29, 1.82) is 0 Å². The van der Waals surface area contributed by atoms with Crippen LogP contribution in [0.1, 0.15) is 31.5 Å². The quantitative estimate of drug-likeness (QED) is 0.760. The maximum Gasteiger partial charge on any atom is 0.172 e. The highest BCUT2D eigenvalue weighted by Gasteiger charge is 2.41. The summed E-state index contributed by atoms with van der Waals surface area (Å²) in [7, 11) is 3.42. The summed E-state index contributed by atoms with van der Waals surface area (Å²) in [5.74, 6) is 0.830. The minimum atomic E-state index is -0.564. The smallest absolute Gasteiger partial charge is 0.172 e. The number of ketones is 1. The lowest BCUT2D eigenvalue weighted by Gasteiger charge is -2.25. The molecule has 1 saturated carbocycles. The number of rotatable bonds is 4. The molecule has 0 radical (unpaired) electrons. The van der Waals surface area contributed by atoms with Gasteiger partial charge in [0.1, 0.15) is 17.8 Å². The van der Waals surface area contributed by atoms with Gasteiger partial charge in [-0.1, -0.05) is 0 Å². The van der Waals surface area contributed by atoms with E-state index >= 15 is 0 Å². The molecule has 1 heterocycles. The van der Waals surface area contributed by atoms with Gasteiger partial charge in [0.25, 0.3) is 0 Å². The van der Waals surface area contributed by atoms with Crippen molar-refractivity contribution in [1.82, 2.24) is 14.8 Å². The highest BCUT2D eigenvalue weighted by Crippen LogP contribution is 2.34. The van der Waals surface area contributed by atoms with E-state index in [2.05, 4.69) is 10.1 Å². The molecule has 2 rings (SSSR count). The molecule has 0 spiro atoms. The Morgan fingerprint density at radius 1 is 1.56 bits per heavy atom. The number of carbonyl (C=O) groups excluding carboxylic acids is 1. The molecule has 1 aromatic rings. The lowest BCUT2D eigenvalue weighted by molar-refractivity contribution is -0.139. The molecule has 0 amide bonds. The van der Waals surface area contributed by atoms with Gasteiger partial charge in [-0.05, 0) is 25.7 Å². The summed E-state index contributed by atoms with van der Waals surface area (Å²) >= 11 is 0. The van der Waals surface area contributed by atoms with Crippen LogP contribution in [0.25, 0.3) is 0 Å². The fourth-order valence-electron chi connectivity index (χ4n) is 2.33. The molecular formula is C11H17N3O2. The molecule has 1 fully saturated rings. The van der Waals surface area contributed by atoms with Crippen LogP contribution in [-0.2, 0) is 23.0 Å². The topological polar surface area (TPSA) is 57.0 Å². The average molecular weight is 223 g/mol. The first kappa shape index (κ1) is 11.3. The van der Waals surface area contributed by atoms with Gasteiger partial charge in [-0.3, -0.25) is 9.48 Å². The van der Waals surface area contributed by atoms with E-state index in [1.54, 1.807) is 18.8 Å². The van der Waals surface area contributed by atoms with E-state index in [4.69, 9.17) is 4.74 Å². The Morgan fingerprint density at radius 3 is 2.75 bits per heavy atom. The van der Waals surface area contributed by atoms with Crippen LogP contribution >= 0.6 is 0 Å². The van der Waals surface area contributed by atoms with Crippen LogP contribution in [0.3, 0.4) is 0 Å². The number of aryl methyl sites for hydroxylation is 1. The van der Waals surface area contributed by atoms with Gasteiger partial charge >= 0.3 is 0 Å². The number of carbonyl (C=O) groups is 1. The van der Waals surface area contributed by atoms with Crippen molar-refractivity contribution in [2.24, 2.45) is 7.05 Å². The van der Waals surface area contributed by atoms with E-state index in [0.29, 0.717) is 12.2 Å². The first-order valence-corrected chi connectivity index (χ1v) is 5.59. The third kappa shape index (κ3) is 1.87. The third-order valence-corrected chi connectivity index (χ3v) is 3.43. The second kappa shape index (κ2) is 4.33. The molecule has 1 aliphatic carbocycles. The predicted molar refractivity (Wildman–Crippen MR) is 57.9 cm³/mol. The van der Waals surface area contributed by atoms with Crippen molar-refractivity contribution in [2.45, 2.75) is 37.7 Å². The number of aromatic nitrogens is 3. The van der Waals surface area contributed by atoms with E-state index in [1.807, 2.05) is 0 Å². The predicted octanol–water partition coefficient (Wildman–Crippen LogP) is 0.886. The zero-order valence-electron chi connectivity index (χ0n) is 9.77. The second-order valence-corrected chi connectivity index (χ2v) is 4.31. The van der Waals surface area contributed by atoms with Crippen LogP contribution in [0.15, 0.2) is 6.33 Å². The van der Waals surface area contributed by atoms with Gasteiger partial charge in [0.15, 0.2) is 5.78 Å². The Balaban J connectivity index is 2.10. The molecule has 0 atom stereocenters. The largest absolute Gasteiger partial charge is 0.370 e. The summed E-state index contributed by atoms with van der Waals surface area (Å²) < 4.78 is 7.08. The molecule has 16 heavy (non-hydrogen) atoms. The summed E-state index contributed by atoms with van der Waals surface area (Å²) in [6, 6.07) is 0. The number of hydrogen-bond donors (Lipinski definition) is 0. The standard InChI is InChI=1S/C11H17N3O2/c1-14-10(12-8-13-14)7-9(15)11(16-2)5-3-4-6-11/h8H,3-7H2,1-2H3. The van der Waals surface area contributed by atoms with Crippen LogP contribution in [0.4, 0.5) is 0 Å². The van der Waals surface area contributed by atoms with Gasteiger partial charge < -0.3 is 4.74 Å². The van der Waals surface area contributed by atoms with Gasteiger partial charge in [-0.2, -0.15) is 5.10 Å². The van der Waals surface area contributed by atoms with Gasteiger partial charge in [0, 0.05) is 14.2 Å². The molecule has 5 heteroatoms. The molecule has 1 aromatic heterocycles. The Labute approximate surface area is 94.8 Å². The van der Waals surface area contributed by atoms with Gasteiger partial charge in [0.05, 0.1) is 6.42 Å². The summed E-state index contributed by atoms with van der Waals surface area (Å²) in [4.78, 5) is 16.3. The van der Waals surface area contributed by atoms with Crippen LogP contribution in [0.2, 0.25) is 0 Å². The van der Waals surface area contributed by atoms with Crippen LogP contribution in [0, 0.1) is 0 Å². The highest BCUT2D eigenvalue weighted by molar-refractivity contribution is 5.89. The number of ether oxygens (including phenoxy) is 1. The molecule has 0 saturated heterocycles. The molecule has 0 N–H and O–H groups in total. The Kier molecular flexibility index (Phi) is 3.05. The van der Waals surface area contributed by atoms with E-state index in [-0.39, 0.29) is 5.78 Å². The van der Waals surface area contributed by atoms with Gasteiger partial charge in [-0.25, -0.2) is 4.98 Å². The second-order valence-electron chi connectivity index (χ2n) is 4.31.